The Morgan fingerprint density at radius 2 is 2.54 bits per heavy atom. The van der Waals surface area contributed by atoms with E-state index in [-0.39, 0.29) is 0 Å². The lowest BCUT2D eigenvalue weighted by Gasteiger charge is -1.87. The molecular formula is C8H9N3OS. The molecule has 0 aliphatic carbocycles. The Labute approximate surface area is 79.6 Å². The molecule has 13 heavy (non-hydrogen) atoms. The van der Waals surface area contributed by atoms with Crippen LogP contribution in [0.4, 0.5) is 6.01 Å². The largest absolute Gasteiger partial charge is 0.341 e. The van der Waals surface area contributed by atoms with Gasteiger partial charge in [0.05, 0.1) is 0 Å². The second-order valence-corrected chi connectivity index (χ2v) is 3.55. The Hall–Kier alpha value is -1.36. The van der Waals surface area contributed by atoms with Gasteiger partial charge in [0.25, 0.3) is 0 Å². The summed E-state index contributed by atoms with van der Waals surface area (Å²) in [6.07, 6.45) is 0.739. The summed E-state index contributed by atoms with van der Waals surface area (Å²) in [6, 6.07) is 4.53. The summed E-state index contributed by atoms with van der Waals surface area (Å²) in [7, 11) is 1.75. The Kier molecular flexibility index (Phi) is 2.27. The molecule has 0 radical (unpaired) electrons. The normalized spacial score (nSPS) is 10.2. The fourth-order valence-electron chi connectivity index (χ4n) is 0.996. The van der Waals surface area contributed by atoms with Crippen molar-refractivity contribution < 1.29 is 4.52 Å². The van der Waals surface area contributed by atoms with E-state index < -0.39 is 0 Å². The number of anilines is 1. The summed E-state index contributed by atoms with van der Waals surface area (Å²) in [5, 5.41) is 8.65. The minimum absolute atomic E-state index is 0.464. The Balaban J connectivity index is 2.10. The van der Waals surface area contributed by atoms with Crippen molar-refractivity contribution in [3.8, 4) is 0 Å². The maximum atomic E-state index is 4.89. The van der Waals surface area contributed by atoms with Crippen molar-refractivity contribution in [3.05, 3.63) is 28.2 Å². The van der Waals surface area contributed by atoms with E-state index >= 15 is 0 Å². The van der Waals surface area contributed by atoms with Gasteiger partial charge in [0, 0.05) is 18.3 Å². The summed E-state index contributed by atoms with van der Waals surface area (Å²) in [4.78, 5) is 5.36. The molecular weight excluding hydrogens is 186 g/mol. The van der Waals surface area contributed by atoms with Crippen LogP contribution in [0.25, 0.3) is 0 Å². The van der Waals surface area contributed by atoms with Crippen molar-refractivity contribution in [3.63, 3.8) is 0 Å². The molecule has 0 aromatic carbocycles. The maximum Gasteiger partial charge on any atom is 0.321 e. The van der Waals surface area contributed by atoms with Crippen molar-refractivity contribution in [2.75, 3.05) is 12.4 Å². The predicted molar refractivity (Wildman–Crippen MR) is 51.0 cm³/mol. The van der Waals surface area contributed by atoms with Crippen LogP contribution in [-0.2, 0) is 6.42 Å². The molecule has 0 bridgehead atoms. The molecule has 0 amide bonds. The summed E-state index contributed by atoms with van der Waals surface area (Å²) in [5.41, 5.74) is 0. The average molecular weight is 195 g/mol. The van der Waals surface area contributed by atoms with Gasteiger partial charge in [-0.15, -0.1) is 11.3 Å². The van der Waals surface area contributed by atoms with E-state index in [1.54, 1.807) is 18.4 Å². The van der Waals surface area contributed by atoms with Crippen molar-refractivity contribution in [1.29, 1.82) is 0 Å². The highest BCUT2D eigenvalue weighted by molar-refractivity contribution is 7.09. The second kappa shape index (κ2) is 3.57. The first kappa shape index (κ1) is 8.25. The van der Waals surface area contributed by atoms with Crippen LogP contribution in [0, 0.1) is 0 Å². The molecule has 2 aromatic rings. The van der Waals surface area contributed by atoms with E-state index in [9.17, 15) is 0 Å². The summed E-state index contributed by atoms with van der Waals surface area (Å²) >= 11 is 1.69. The number of aromatic nitrogens is 2. The molecule has 2 rings (SSSR count). The van der Waals surface area contributed by atoms with Gasteiger partial charge in [0.1, 0.15) is 0 Å². The minimum atomic E-state index is 0.464. The van der Waals surface area contributed by atoms with E-state index in [1.807, 2.05) is 11.4 Å². The summed E-state index contributed by atoms with van der Waals surface area (Å²) < 4.78 is 4.89. The lowest BCUT2D eigenvalue weighted by molar-refractivity contribution is 0.426. The third kappa shape index (κ3) is 1.86. The van der Waals surface area contributed by atoms with Crippen molar-refractivity contribution in [1.82, 2.24) is 10.1 Å². The Morgan fingerprint density at radius 1 is 1.62 bits per heavy atom. The highest BCUT2D eigenvalue weighted by Gasteiger charge is 2.05. The highest BCUT2D eigenvalue weighted by Crippen LogP contribution is 2.13. The van der Waals surface area contributed by atoms with Crippen molar-refractivity contribution in [2.45, 2.75) is 6.42 Å². The Bertz CT molecular complexity index is 368. The number of thiophene rings is 1. The fraction of sp³-hybridized carbons (Fsp3) is 0.250. The first-order valence-corrected chi connectivity index (χ1v) is 4.79. The molecule has 0 atom stereocenters. The van der Waals surface area contributed by atoms with Crippen molar-refractivity contribution in [2.24, 2.45) is 0 Å². The molecule has 1 N–H and O–H groups in total. The van der Waals surface area contributed by atoms with Crippen LogP contribution in [0.5, 0.6) is 0 Å². The quantitative estimate of drug-likeness (QED) is 0.810. The van der Waals surface area contributed by atoms with Crippen LogP contribution in [0.2, 0.25) is 0 Å². The second-order valence-electron chi connectivity index (χ2n) is 2.52. The topological polar surface area (TPSA) is 51.0 Å². The van der Waals surface area contributed by atoms with Gasteiger partial charge in [-0.3, -0.25) is 0 Å². The number of nitrogens with zero attached hydrogens (tertiary/aromatic N) is 2. The third-order valence-corrected chi connectivity index (χ3v) is 2.47. The van der Waals surface area contributed by atoms with Gasteiger partial charge in [0.15, 0.2) is 5.82 Å². The molecule has 0 unspecified atom stereocenters. The number of hydrogen-bond acceptors (Lipinski definition) is 5. The van der Waals surface area contributed by atoms with Gasteiger partial charge in [-0.25, -0.2) is 0 Å². The van der Waals surface area contributed by atoms with Crippen LogP contribution in [0.1, 0.15) is 10.7 Å². The van der Waals surface area contributed by atoms with Gasteiger partial charge < -0.3 is 9.84 Å². The molecule has 0 saturated heterocycles. The zero-order valence-electron chi connectivity index (χ0n) is 7.15. The van der Waals surface area contributed by atoms with E-state index in [4.69, 9.17) is 4.52 Å². The third-order valence-electron chi connectivity index (χ3n) is 1.59. The number of nitrogens with one attached hydrogen (secondary N) is 1. The monoisotopic (exact) mass is 195 g/mol. The smallest absolute Gasteiger partial charge is 0.321 e. The average Bonchev–Trinajstić information content (AvgIpc) is 2.76. The highest BCUT2D eigenvalue weighted by atomic mass is 32.1. The van der Waals surface area contributed by atoms with Crippen LogP contribution in [0.15, 0.2) is 22.0 Å². The first-order valence-electron chi connectivity index (χ1n) is 3.91. The van der Waals surface area contributed by atoms with Crippen LogP contribution in [-0.4, -0.2) is 17.2 Å². The molecule has 0 aliphatic heterocycles. The van der Waals surface area contributed by atoms with E-state index in [1.165, 1.54) is 4.88 Å². The molecule has 2 heterocycles. The van der Waals surface area contributed by atoms with Crippen molar-refractivity contribution >= 4 is 17.4 Å². The SMILES string of the molecule is CNc1nc(Cc2cccs2)no1. The first-order chi connectivity index (χ1) is 6.38. The summed E-state index contributed by atoms with van der Waals surface area (Å²) in [6.45, 7) is 0. The van der Waals surface area contributed by atoms with Crippen LogP contribution in [0.3, 0.4) is 0 Å². The summed E-state index contributed by atoms with van der Waals surface area (Å²) in [5.74, 6) is 0.715. The zero-order chi connectivity index (χ0) is 9.10. The Morgan fingerprint density at radius 3 is 3.15 bits per heavy atom. The van der Waals surface area contributed by atoms with Gasteiger partial charge in [0.2, 0.25) is 0 Å². The zero-order valence-corrected chi connectivity index (χ0v) is 7.97. The molecule has 0 aliphatic rings. The number of rotatable bonds is 3. The van der Waals surface area contributed by atoms with E-state index in [0.29, 0.717) is 11.8 Å². The van der Waals surface area contributed by atoms with Gasteiger partial charge >= 0.3 is 6.01 Å². The minimum Gasteiger partial charge on any atom is -0.341 e. The van der Waals surface area contributed by atoms with E-state index in [2.05, 4.69) is 21.5 Å². The fourth-order valence-corrected chi connectivity index (χ4v) is 1.70. The molecule has 68 valence electrons. The van der Waals surface area contributed by atoms with Crippen LogP contribution < -0.4 is 5.32 Å². The molecule has 5 heteroatoms. The molecule has 0 saturated carbocycles. The van der Waals surface area contributed by atoms with E-state index in [0.717, 1.165) is 6.42 Å². The lowest BCUT2D eigenvalue weighted by atomic mass is 10.3. The lowest BCUT2D eigenvalue weighted by Crippen LogP contribution is -1.89. The molecule has 2 aromatic heterocycles. The maximum absolute atomic E-state index is 4.89. The van der Waals surface area contributed by atoms with Gasteiger partial charge in [-0.1, -0.05) is 11.2 Å². The van der Waals surface area contributed by atoms with Crippen LogP contribution >= 0.6 is 11.3 Å². The predicted octanol–water partition coefficient (Wildman–Crippen LogP) is 1.76. The molecule has 4 nitrogen and oxygen atoms in total. The molecule has 0 spiro atoms. The van der Waals surface area contributed by atoms with Gasteiger partial charge in [-0.05, 0) is 11.4 Å². The molecule has 0 fully saturated rings. The van der Waals surface area contributed by atoms with Gasteiger partial charge in [-0.2, -0.15) is 4.98 Å². The number of hydrogen-bond donors (Lipinski definition) is 1. The standard InChI is InChI=1S/C8H9N3OS/c1-9-8-10-7(11-12-8)5-6-3-2-4-13-6/h2-4H,5H2,1H3,(H,9,10,11).